The van der Waals surface area contributed by atoms with Crippen molar-refractivity contribution < 1.29 is 27.5 Å². The molecule has 3 aromatic heterocycles. The second-order valence-electron chi connectivity index (χ2n) is 11.1. The van der Waals surface area contributed by atoms with Gasteiger partial charge >= 0.3 is 12.1 Å². The largest absolute Gasteiger partial charge is 0.451 e. The molecule has 2 atom stereocenters. The van der Waals surface area contributed by atoms with Crippen LogP contribution in [0.5, 0.6) is 0 Å². The maximum absolute atomic E-state index is 14.0. The highest BCUT2D eigenvalue weighted by Crippen LogP contribution is 2.52. The van der Waals surface area contributed by atoms with E-state index >= 15 is 0 Å². The van der Waals surface area contributed by atoms with Gasteiger partial charge in [-0.25, -0.2) is 9.78 Å². The molecule has 3 aromatic rings. The summed E-state index contributed by atoms with van der Waals surface area (Å²) >= 11 is 2.16. The highest BCUT2D eigenvalue weighted by molar-refractivity contribution is 7.20. The molecule has 2 bridgehead atoms. The minimum Gasteiger partial charge on any atom is -0.451 e. The van der Waals surface area contributed by atoms with Gasteiger partial charge in [-0.15, -0.1) is 22.7 Å². The van der Waals surface area contributed by atoms with Crippen LogP contribution in [0.4, 0.5) is 13.2 Å². The fourth-order valence-corrected chi connectivity index (χ4v) is 8.03. The molecule has 1 aliphatic heterocycles. The first-order valence-corrected chi connectivity index (χ1v) is 13.5. The second kappa shape index (κ2) is 8.55. The number of nitrogens with zero attached hydrogens (tertiary/aromatic N) is 2. The van der Waals surface area contributed by atoms with E-state index in [0.29, 0.717) is 11.4 Å². The molecule has 1 aliphatic carbocycles. The van der Waals surface area contributed by atoms with E-state index in [1.54, 1.807) is 17.5 Å². The smallest absolute Gasteiger partial charge is 0.417 e. The molecular formula is C26H27F3N2O3S2. The Bertz CT molecular complexity index is 1350. The Labute approximate surface area is 215 Å². The van der Waals surface area contributed by atoms with Gasteiger partial charge in [0.15, 0.2) is 6.61 Å². The molecule has 5 nitrogen and oxygen atoms in total. The topological polar surface area (TPSA) is 59.5 Å². The van der Waals surface area contributed by atoms with Gasteiger partial charge in [-0.05, 0) is 60.1 Å². The number of carbonyl (C=O) groups is 2. The van der Waals surface area contributed by atoms with E-state index in [-0.39, 0.29) is 49.1 Å². The summed E-state index contributed by atoms with van der Waals surface area (Å²) in [4.78, 5) is 32.9. The van der Waals surface area contributed by atoms with Crippen molar-refractivity contribution in [2.45, 2.75) is 59.2 Å². The zero-order valence-corrected chi connectivity index (χ0v) is 22.1. The summed E-state index contributed by atoms with van der Waals surface area (Å²) in [6.45, 7) is 8.27. The van der Waals surface area contributed by atoms with Gasteiger partial charge in [-0.3, -0.25) is 4.79 Å². The molecule has 192 valence electrons. The lowest BCUT2D eigenvalue weighted by Gasteiger charge is -2.39. The van der Waals surface area contributed by atoms with Gasteiger partial charge < -0.3 is 9.64 Å². The first-order valence-electron chi connectivity index (χ1n) is 11.8. The van der Waals surface area contributed by atoms with E-state index in [2.05, 4.69) is 25.8 Å². The van der Waals surface area contributed by atoms with Crippen LogP contribution < -0.4 is 0 Å². The number of hydrogen-bond donors (Lipinski definition) is 0. The van der Waals surface area contributed by atoms with Crippen molar-refractivity contribution in [1.29, 1.82) is 0 Å². The van der Waals surface area contributed by atoms with E-state index < -0.39 is 24.3 Å². The van der Waals surface area contributed by atoms with Crippen LogP contribution in [-0.4, -0.2) is 41.0 Å². The second-order valence-corrected chi connectivity index (χ2v) is 13.0. The molecule has 2 aliphatic rings. The lowest BCUT2D eigenvalue weighted by Crippen LogP contribution is -2.39. The van der Waals surface area contributed by atoms with Crippen LogP contribution in [0.15, 0.2) is 23.6 Å². The van der Waals surface area contributed by atoms with Crippen LogP contribution in [0.3, 0.4) is 0 Å². The summed E-state index contributed by atoms with van der Waals surface area (Å²) < 4.78 is 47.2. The number of pyridine rings is 1. The van der Waals surface area contributed by atoms with Crippen molar-refractivity contribution in [3.05, 3.63) is 39.6 Å². The highest BCUT2D eigenvalue weighted by Gasteiger charge is 2.51. The number of amides is 1. The Morgan fingerprint density at radius 1 is 1.25 bits per heavy atom. The SMILES string of the molecule is Cc1c(C(=O)OCC(=O)N2CC3(C)CC2CC(C)(C)C3)sc2nc(-c3cccs3)cc(C(F)(F)F)c12. The summed E-state index contributed by atoms with van der Waals surface area (Å²) in [6.07, 6.45) is -1.75. The number of hydrogen-bond acceptors (Lipinski definition) is 6. The van der Waals surface area contributed by atoms with Crippen molar-refractivity contribution in [3.8, 4) is 10.6 Å². The van der Waals surface area contributed by atoms with Gasteiger partial charge in [0.25, 0.3) is 5.91 Å². The molecule has 1 saturated carbocycles. The number of aryl methyl sites for hydroxylation is 1. The quantitative estimate of drug-likeness (QED) is 0.339. The number of esters is 1. The third kappa shape index (κ3) is 4.53. The number of rotatable bonds is 4. The Morgan fingerprint density at radius 3 is 2.67 bits per heavy atom. The van der Waals surface area contributed by atoms with E-state index in [1.807, 2.05) is 4.90 Å². The Balaban J connectivity index is 1.39. The zero-order chi connectivity index (χ0) is 26.0. The number of ether oxygens (including phenoxy) is 1. The van der Waals surface area contributed by atoms with Crippen molar-refractivity contribution in [2.24, 2.45) is 10.8 Å². The molecule has 10 heteroatoms. The van der Waals surface area contributed by atoms with E-state index in [4.69, 9.17) is 4.74 Å². The molecule has 1 amide bonds. The van der Waals surface area contributed by atoms with Crippen LogP contribution in [0.1, 0.15) is 60.8 Å². The van der Waals surface area contributed by atoms with Gasteiger partial charge in [0.1, 0.15) is 9.71 Å². The summed E-state index contributed by atoms with van der Waals surface area (Å²) in [7, 11) is 0. The number of carbonyl (C=O) groups excluding carboxylic acids is 2. The molecule has 1 saturated heterocycles. The van der Waals surface area contributed by atoms with Crippen LogP contribution in [0.25, 0.3) is 20.8 Å². The lowest BCUT2D eigenvalue weighted by molar-refractivity contribution is -0.136. The normalized spacial score (nSPS) is 23.3. The maximum atomic E-state index is 14.0. The number of likely N-dealkylation sites (tertiary alicyclic amines) is 1. The van der Waals surface area contributed by atoms with Gasteiger partial charge in [0.05, 0.1) is 16.1 Å². The van der Waals surface area contributed by atoms with Crippen molar-refractivity contribution in [3.63, 3.8) is 0 Å². The molecule has 2 fully saturated rings. The zero-order valence-electron chi connectivity index (χ0n) is 20.5. The molecule has 0 spiro atoms. The Kier molecular flexibility index (Phi) is 5.98. The van der Waals surface area contributed by atoms with Crippen molar-refractivity contribution in [2.75, 3.05) is 13.2 Å². The van der Waals surface area contributed by atoms with Crippen molar-refractivity contribution >= 4 is 44.8 Å². The van der Waals surface area contributed by atoms with Gasteiger partial charge in [-0.2, -0.15) is 13.2 Å². The summed E-state index contributed by atoms with van der Waals surface area (Å²) in [5.41, 5.74) is -0.273. The van der Waals surface area contributed by atoms with E-state index in [1.165, 1.54) is 18.3 Å². The first kappa shape index (κ1) is 25.2. The summed E-state index contributed by atoms with van der Waals surface area (Å²) in [5, 5.41) is 1.67. The lowest BCUT2D eigenvalue weighted by atomic mass is 9.65. The summed E-state index contributed by atoms with van der Waals surface area (Å²) in [6, 6.07) is 4.59. The standard InChI is InChI=1S/C26H27F3N2O3S2/c1-14-20-16(26(27,28)29)8-17(18-6-5-7-35-18)30-22(20)36-21(14)23(33)34-11-19(32)31-13-25(4)10-15(31)9-24(2,3)12-25/h5-8,15H,9-13H2,1-4H3. The molecule has 2 unspecified atom stereocenters. The average Bonchev–Trinajstić information content (AvgIpc) is 3.47. The van der Waals surface area contributed by atoms with Crippen LogP contribution in [-0.2, 0) is 15.7 Å². The minimum atomic E-state index is -4.62. The van der Waals surface area contributed by atoms with Gasteiger partial charge in [0.2, 0.25) is 0 Å². The molecule has 0 radical (unpaired) electrons. The monoisotopic (exact) mass is 536 g/mol. The predicted octanol–water partition coefficient (Wildman–Crippen LogP) is 6.94. The number of fused-ring (bicyclic) bond motifs is 3. The van der Waals surface area contributed by atoms with Crippen LogP contribution in [0, 0.1) is 17.8 Å². The Hall–Kier alpha value is -2.46. The molecule has 0 aromatic carbocycles. The molecule has 0 N–H and O–H groups in total. The average molecular weight is 537 g/mol. The molecule has 5 rings (SSSR count). The van der Waals surface area contributed by atoms with E-state index in [0.717, 1.165) is 36.7 Å². The third-order valence-electron chi connectivity index (χ3n) is 7.23. The van der Waals surface area contributed by atoms with E-state index in [9.17, 15) is 22.8 Å². The van der Waals surface area contributed by atoms with Gasteiger partial charge in [-0.1, -0.05) is 26.8 Å². The maximum Gasteiger partial charge on any atom is 0.417 e. The molecule has 36 heavy (non-hydrogen) atoms. The van der Waals surface area contributed by atoms with Crippen LogP contribution >= 0.6 is 22.7 Å². The number of thiophene rings is 2. The fraction of sp³-hybridized carbons (Fsp3) is 0.500. The molecular weight excluding hydrogens is 509 g/mol. The Morgan fingerprint density at radius 2 is 2.00 bits per heavy atom. The summed E-state index contributed by atoms with van der Waals surface area (Å²) in [5.74, 6) is -1.06. The van der Waals surface area contributed by atoms with Gasteiger partial charge in [0, 0.05) is 18.0 Å². The highest BCUT2D eigenvalue weighted by atomic mass is 32.1. The third-order valence-corrected chi connectivity index (χ3v) is 9.29. The van der Waals surface area contributed by atoms with Crippen molar-refractivity contribution in [1.82, 2.24) is 9.88 Å². The number of aromatic nitrogens is 1. The minimum absolute atomic E-state index is 0.0346. The number of halogens is 3. The number of alkyl halides is 3. The van der Waals surface area contributed by atoms with Crippen LogP contribution in [0.2, 0.25) is 0 Å². The first-order chi connectivity index (χ1) is 16.8. The fourth-order valence-electron chi connectivity index (χ4n) is 6.24. The predicted molar refractivity (Wildman–Crippen MR) is 134 cm³/mol. The molecule has 4 heterocycles.